The van der Waals surface area contributed by atoms with Gasteiger partial charge in [0.25, 0.3) is 11.8 Å². The number of hydrogen-bond acceptors (Lipinski definition) is 6. The second-order valence-corrected chi connectivity index (χ2v) is 7.86. The monoisotopic (exact) mass is 434 g/mol. The van der Waals surface area contributed by atoms with Crippen LogP contribution in [0.2, 0.25) is 0 Å². The molecule has 0 radical (unpaired) electrons. The van der Waals surface area contributed by atoms with Crippen LogP contribution >= 0.6 is 11.3 Å². The smallest absolute Gasteiger partial charge is 0.278 e. The van der Waals surface area contributed by atoms with Gasteiger partial charge in [-0.2, -0.15) is 0 Å². The number of hydrogen-bond donors (Lipinski definition) is 1. The molecule has 6 nitrogen and oxygen atoms in total. The summed E-state index contributed by atoms with van der Waals surface area (Å²) in [5.41, 5.74) is 2.31. The van der Waals surface area contributed by atoms with Crippen LogP contribution in [0.3, 0.4) is 0 Å². The molecule has 2 aromatic carbocycles. The summed E-state index contributed by atoms with van der Waals surface area (Å²) in [6, 6.07) is 18.6. The zero-order valence-electron chi connectivity index (χ0n) is 17.3. The van der Waals surface area contributed by atoms with E-state index in [2.05, 4.69) is 5.32 Å². The number of methoxy groups -OCH3 is 2. The average Bonchev–Trinajstić information content (AvgIpc) is 3.40. The van der Waals surface area contributed by atoms with Crippen LogP contribution in [-0.4, -0.2) is 37.5 Å². The molecule has 0 spiro atoms. The SMILES string of the molecule is COc1ccc(CCN2C(=O)C(Nc3ccccc3OC)=C(c3cccs3)C2=O)cc1. The van der Waals surface area contributed by atoms with E-state index in [1.165, 1.54) is 16.2 Å². The summed E-state index contributed by atoms with van der Waals surface area (Å²) >= 11 is 1.43. The van der Waals surface area contributed by atoms with Crippen LogP contribution in [0.4, 0.5) is 5.69 Å². The summed E-state index contributed by atoms with van der Waals surface area (Å²) in [5, 5.41) is 5.04. The molecule has 0 aliphatic carbocycles. The number of nitrogens with zero attached hydrogens (tertiary/aromatic N) is 1. The summed E-state index contributed by atoms with van der Waals surface area (Å²) in [4.78, 5) is 28.6. The first-order valence-corrected chi connectivity index (χ1v) is 10.7. The normalized spacial score (nSPS) is 13.7. The molecular weight excluding hydrogens is 412 g/mol. The van der Waals surface area contributed by atoms with Crippen molar-refractivity contribution in [2.45, 2.75) is 6.42 Å². The maximum atomic E-state index is 13.3. The summed E-state index contributed by atoms with van der Waals surface area (Å²) < 4.78 is 10.6. The van der Waals surface area contributed by atoms with Gasteiger partial charge in [0, 0.05) is 11.4 Å². The van der Waals surface area contributed by atoms with Crippen molar-refractivity contribution in [1.82, 2.24) is 4.90 Å². The van der Waals surface area contributed by atoms with Gasteiger partial charge in [0.1, 0.15) is 17.2 Å². The predicted octanol–water partition coefficient (Wildman–Crippen LogP) is 4.20. The molecule has 1 aromatic heterocycles. The van der Waals surface area contributed by atoms with Gasteiger partial charge < -0.3 is 14.8 Å². The molecule has 2 amide bonds. The number of nitrogens with one attached hydrogen (secondary N) is 1. The Kier molecular flexibility index (Phi) is 6.04. The van der Waals surface area contributed by atoms with Gasteiger partial charge in [-0.15, -0.1) is 11.3 Å². The number of anilines is 1. The molecule has 31 heavy (non-hydrogen) atoms. The van der Waals surface area contributed by atoms with Crippen LogP contribution < -0.4 is 14.8 Å². The Bertz CT molecular complexity index is 1120. The third kappa shape index (κ3) is 4.18. The van der Waals surface area contributed by atoms with E-state index < -0.39 is 0 Å². The van der Waals surface area contributed by atoms with Gasteiger partial charge in [0.05, 0.1) is 25.5 Å². The first-order valence-electron chi connectivity index (χ1n) is 9.79. The number of benzene rings is 2. The second-order valence-electron chi connectivity index (χ2n) is 6.91. The fourth-order valence-electron chi connectivity index (χ4n) is 3.46. The number of thiophene rings is 1. The molecule has 0 saturated carbocycles. The van der Waals surface area contributed by atoms with Crippen molar-refractivity contribution >= 4 is 34.4 Å². The lowest BCUT2D eigenvalue weighted by molar-refractivity contribution is -0.136. The Hall–Kier alpha value is -3.58. The first kappa shape index (κ1) is 20.7. The third-order valence-corrected chi connectivity index (χ3v) is 5.97. The second kappa shape index (κ2) is 9.06. The molecule has 0 fully saturated rings. The molecule has 2 heterocycles. The van der Waals surface area contributed by atoms with E-state index in [4.69, 9.17) is 9.47 Å². The first-order chi connectivity index (χ1) is 15.1. The minimum Gasteiger partial charge on any atom is -0.497 e. The van der Waals surface area contributed by atoms with Crippen molar-refractivity contribution in [1.29, 1.82) is 0 Å². The maximum absolute atomic E-state index is 13.3. The van der Waals surface area contributed by atoms with Gasteiger partial charge in [-0.1, -0.05) is 30.3 Å². The molecule has 158 valence electrons. The van der Waals surface area contributed by atoms with Crippen molar-refractivity contribution in [3.63, 3.8) is 0 Å². The summed E-state index contributed by atoms with van der Waals surface area (Å²) in [6.45, 7) is 0.288. The lowest BCUT2D eigenvalue weighted by Crippen LogP contribution is -2.34. The highest BCUT2D eigenvalue weighted by atomic mass is 32.1. The van der Waals surface area contributed by atoms with Crippen LogP contribution in [0.15, 0.2) is 71.7 Å². The fourth-order valence-corrected chi connectivity index (χ4v) is 4.23. The number of rotatable bonds is 8. The summed E-state index contributed by atoms with van der Waals surface area (Å²) in [6.07, 6.45) is 0.557. The molecular formula is C24H22N2O4S. The van der Waals surface area contributed by atoms with Crippen molar-refractivity contribution < 1.29 is 19.1 Å². The molecule has 7 heteroatoms. The lowest BCUT2D eigenvalue weighted by Gasteiger charge is -2.16. The number of carbonyl (C=O) groups is 2. The number of amides is 2. The molecule has 1 N–H and O–H groups in total. The van der Waals surface area contributed by atoms with Crippen LogP contribution in [0.25, 0.3) is 5.57 Å². The van der Waals surface area contributed by atoms with E-state index in [0.717, 1.165) is 16.2 Å². The minimum atomic E-state index is -0.340. The van der Waals surface area contributed by atoms with E-state index in [0.29, 0.717) is 23.4 Å². The van der Waals surface area contributed by atoms with Gasteiger partial charge in [0.15, 0.2) is 0 Å². The van der Waals surface area contributed by atoms with Crippen LogP contribution in [0, 0.1) is 0 Å². The number of ether oxygens (including phenoxy) is 2. The molecule has 0 unspecified atom stereocenters. The Morgan fingerprint density at radius 2 is 1.68 bits per heavy atom. The van der Waals surface area contributed by atoms with Gasteiger partial charge in [-0.25, -0.2) is 0 Å². The van der Waals surface area contributed by atoms with E-state index in [-0.39, 0.29) is 24.1 Å². The zero-order valence-corrected chi connectivity index (χ0v) is 18.1. The van der Waals surface area contributed by atoms with E-state index in [1.807, 2.05) is 60.0 Å². The Balaban J connectivity index is 1.61. The van der Waals surface area contributed by atoms with E-state index in [1.54, 1.807) is 20.3 Å². The zero-order chi connectivity index (χ0) is 21.8. The average molecular weight is 435 g/mol. The Labute approximate surface area is 184 Å². The maximum Gasteiger partial charge on any atom is 0.278 e. The molecule has 1 aliphatic heterocycles. The Morgan fingerprint density at radius 1 is 0.903 bits per heavy atom. The van der Waals surface area contributed by atoms with Gasteiger partial charge >= 0.3 is 0 Å². The van der Waals surface area contributed by atoms with Gasteiger partial charge in [-0.05, 0) is 47.7 Å². The third-order valence-electron chi connectivity index (χ3n) is 5.09. The van der Waals surface area contributed by atoms with Crippen molar-refractivity contribution in [3.8, 4) is 11.5 Å². The van der Waals surface area contributed by atoms with Crippen molar-refractivity contribution in [3.05, 3.63) is 82.2 Å². The highest BCUT2D eigenvalue weighted by molar-refractivity contribution is 7.11. The quantitative estimate of drug-likeness (QED) is 0.538. The van der Waals surface area contributed by atoms with Crippen LogP contribution in [-0.2, 0) is 16.0 Å². The number of carbonyl (C=O) groups excluding carboxylic acids is 2. The highest BCUT2D eigenvalue weighted by Gasteiger charge is 2.39. The molecule has 0 atom stereocenters. The largest absolute Gasteiger partial charge is 0.497 e. The van der Waals surface area contributed by atoms with Gasteiger partial charge in [-0.3, -0.25) is 14.5 Å². The standard InChI is InChI=1S/C24H22N2O4S/c1-29-17-11-9-16(10-12-17)13-14-26-23(27)21(20-8-5-15-31-20)22(24(26)28)25-18-6-3-4-7-19(18)30-2/h3-12,15,25H,13-14H2,1-2H3. The predicted molar refractivity (Wildman–Crippen MR) is 121 cm³/mol. The highest BCUT2D eigenvalue weighted by Crippen LogP contribution is 2.35. The molecule has 4 rings (SSSR count). The molecule has 0 saturated heterocycles. The molecule has 1 aliphatic rings. The lowest BCUT2D eigenvalue weighted by atomic mass is 10.1. The van der Waals surface area contributed by atoms with E-state index >= 15 is 0 Å². The van der Waals surface area contributed by atoms with Crippen molar-refractivity contribution in [2.75, 3.05) is 26.1 Å². The van der Waals surface area contributed by atoms with Crippen molar-refractivity contribution in [2.24, 2.45) is 0 Å². The Morgan fingerprint density at radius 3 is 2.35 bits per heavy atom. The minimum absolute atomic E-state index is 0.270. The summed E-state index contributed by atoms with van der Waals surface area (Å²) in [7, 11) is 3.18. The van der Waals surface area contributed by atoms with E-state index in [9.17, 15) is 9.59 Å². The number of para-hydroxylation sites is 2. The summed E-state index contributed by atoms with van der Waals surface area (Å²) in [5.74, 6) is 0.727. The van der Waals surface area contributed by atoms with Crippen LogP contribution in [0.1, 0.15) is 10.4 Å². The fraction of sp³-hybridized carbons (Fsp3) is 0.167. The topological polar surface area (TPSA) is 67.9 Å². The number of imide groups is 1. The molecule has 3 aromatic rings. The molecule has 0 bridgehead atoms. The van der Waals surface area contributed by atoms with Crippen LogP contribution in [0.5, 0.6) is 11.5 Å². The van der Waals surface area contributed by atoms with Gasteiger partial charge in [0.2, 0.25) is 0 Å².